The van der Waals surface area contributed by atoms with Gasteiger partial charge < -0.3 is 5.11 Å². The minimum atomic E-state index is -5.70. The number of aliphatic hydroxyl groups is 1. The summed E-state index contributed by atoms with van der Waals surface area (Å²) in [5, 5.41) is 9.75. The number of hydrogen-bond donors (Lipinski definition) is 2. The average molecular weight is 374 g/mol. The zero-order chi connectivity index (χ0) is 17.7. The van der Waals surface area contributed by atoms with Gasteiger partial charge in [0, 0.05) is 5.25 Å². The van der Waals surface area contributed by atoms with Gasteiger partial charge in [0.2, 0.25) is 0 Å². The molecule has 24 heavy (non-hydrogen) atoms. The van der Waals surface area contributed by atoms with E-state index in [2.05, 4.69) is 12.6 Å². The number of alkyl halides is 6. The van der Waals surface area contributed by atoms with Crippen molar-refractivity contribution in [2.24, 2.45) is 41.4 Å². The van der Waals surface area contributed by atoms with Crippen LogP contribution in [-0.4, -0.2) is 28.3 Å². The second-order valence-electron chi connectivity index (χ2n) is 8.33. The topological polar surface area (TPSA) is 20.2 Å². The third-order valence-electron chi connectivity index (χ3n) is 7.42. The molecule has 4 aliphatic carbocycles. The quantitative estimate of drug-likeness (QED) is 0.415. The summed E-state index contributed by atoms with van der Waals surface area (Å²) in [5.74, 6) is 0.941. The standard InChI is InChI=1S/C16H20F6OS/c17-15(18,19)14(23,16(20,21)22)5-8-1-6-2-9(8)13-10-3-7(12(6)13)4-11(10)24/h6-13,23-24H,1-5H2. The SMILES string of the molecule is OC(CC1CC2CC1C1C3CC(CC3S)C21)(C(F)(F)F)C(F)(F)F. The van der Waals surface area contributed by atoms with Crippen molar-refractivity contribution in [3.05, 3.63) is 0 Å². The largest absolute Gasteiger partial charge is 0.426 e. The van der Waals surface area contributed by atoms with E-state index in [1.54, 1.807) is 0 Å². The first-order valence-corrected chi connectivity index (χ1v) is 8.99. The molecule has 4 bridgehead atoms. The highest BCUT2D eigenvalue weighted by Crippen LogP contribution is 2.70. The van der Waals surface area contributed by atoms with Crippen molar-refractivity contribution in [3.63, 3.8) is 0 Å². The summed E-state index contributed by atoms with van der Waals surface area (Å²) in [6.45, 7) is 0. The van der Waals surface area contributed by atoms with E-state index >= 15 is 0 Å². The van der Waals surface area contributed by atoms with Gasteiger partial charge in [-0.25, -0.2) is 0 Å². The molecule has 8 atom stereocenters. The fraction of sp³-hybridized carbons (Fsp3) is 1.00. The molecule has 0 amide bonds. The van der Waals surface area contributed by atoms with E-state index in [0.717, 1.165) is 19.3 Å². The van der Waals surface area contributed by atoms with Gasteiger partial charge in [-0.3, -0.25) is 0 Å². The van der Waals surface area contributed by atoms with Crippen LogP contribution in [0.4, 0.5) is 26.3 Å². The summed E-state index contributed by atoms with van der Waals surface area (Å²) in [4.78, 5) is 0. The monoisotopic (exact) mass is 374 g/mol. The van der Waals surface area contributed by atoms with E-state index in [4.69, 9.17) is 0 Å². The first kappa shape index (κ1) is 17.3. The molecule has 4 rings (SSSR count). The summed E-state index contributed by atoms with van der Waals surface area (Å²) < 4.78 is 78.0. The fourth-order valence-electron chi connectivity index (χ4n) is 6.71. The molecule has 1 N–H and O–H groups in total. The molecule has 8 heteroatoms. The van der Waals surface area contributed by atoms with E-state index in [1.165, 1.54) is 0 Å². The Morgan fingerprint density at radius 3 is 1.92 bits per heavy atom. The Morgan fingerprint density at radius 2 is 1.33 bits per heavy atom. The zero-order valence-corrected chi connectivity index (χ0v) is 13.7. The molecule has 8 unspecified atom stereocenters. The number of fused-ring (bicyclic) bond motifs is 9. The molecule has 0 radical (unpaired) electrons. The molecule has 0 heterocycles. The molecule has 0 aromatic heterocycles. The lowest BCUT2D eigenvalue weighted by molar-refractivity contribution is -0.373. The van der Waals surface area contributed by atoms with E-state index in [-0.39, 0.29) is 23.0 Å². The van der Waals surface area contributed by atoms with Crippen LogP contribution < -0.4 is 0 Å². The highest BCUT2D eigenvalue weighted by Gasteiger charge is 2.72. The molecule has 0 aromatic rings. The molecule has 4 saturated carbocycles. The van der Waals surface area contributed by atoms with E-state index in [9.17, 15) is 31.4 Å². The lowest BCUT2D eigenvalue weighted by Crippen LogP contribution is -2.58. The summed E-state index contributed by atoms with van der Waals surface area (Å²) in [6, 6.07) is 0. The summed E-state index contributed by atoms with van der Waals surface area (Å²) in [7, 11) is 0. The van der Waals surface area contributed by atoms with Gasteiger partial charge in [-0.2, -0.15) is 39.0 Å². The van der Waals surface area contributed by atoms with E-state index < -0.39 is 30.3 Å². The van der Waals surface area contributed by atoms with Crippen molar-refractivity contribution in [3.8, 4) is 0 Å². The number of hydrogen-bond acceptors (Lipinski definition) is 2. The Kier molecular flexibility index (Phi) is 3.60. The van der Waals surface area contributed by atoms with Gasteiger partial charge in [0.25, 0.3) is 5.60 Å². The molecule has 1 nitrogen and oxygen atoms in total. The maximum absolute atomic E-state index is 13.0. The Bertz CT molecular complexity index is 518. The average Bonchev–Trinajstić information content (AvgIpc) is 3.12. The van der Waals surface area contributed by atoms with Crippen molar-refractivity contribution >= 4 is 12.6 Å². The Labute approximate surface area is 141 Å². The molecule has 138 valence electrons. The van der Waals surface area contributed by atoms with E-state index in [1.807, 2.05) is 0 Å². The van der Waals surface area contributed by atoms with Crippen molar-refractivity contribution < 1.29 is 31.4 Å². The molecule has 0 spiro atoms. The van der Waals surface area contributed by atoms with Crippen molar-refractivity contribution in [1.29, 1.82) is 0 Å². The number of thiol groups is 1. The third-order valence-corrected chi connectivity index (χ3v) is 8.01. The maximum atomic E-state index is 13.0. The van der Waals surface area contributed by atoms with Gasteiger partial charge in [0.1, 0.15) is 0 Å². The predicted molar refractivity (Wildman–Crippen MR) is 77.3 cm³/mol. The minimum absolute atomic E-state index is 0.124. The van der Waals surface area contributed by atoms with Crippen LogP contribution in [0.2, 0.25) is 0 Å². The maximum Gasteiger partial charge on any atom is 0.426 e. The highest BCUT2D eigenvalue weighted by atomic mass is 32.1. The number of halogens is 6. The summed E-state index contributed by atoms with van der Waals surface area (Å²) in [5.41, 5.74) is -4.59. The molecule has 0 aliphatic heterocycles. The van der Waals surface area contributed by atoms with Crippen molar-refractivity contribution in [2.45, 2.75) is 55.3 Å². The second-order valence-corrected chi connectivity index (χ2v) is 9.00. The first-order valence-electron chi connectivity index (χ1n) is 8.48. The van der Waals surface area contributed by atoms with Gasteiger partial charge in [-0.05, 0) is 73.5 Å². The fourth-order valence-corrected chi connectivity index (χ4v) is 7.30. The van der Waals surface area contributed by atoms with Crippen molar-refractivity contribution in [2.75, 3.05) is 0 Å². The van der Waals surface area contributed by atoms with Crippen LogP contribution in [0, 0.1) is 41.4 Å². The van der Waals surface area contributed by atoms with Crippen LogP contribution in [-0.2, 0) is 0 Å². The smallest absolute Gasteiger partial charge is 0.374 e. The Balaban J connectivity index is 1.57. The highest BCUT2D eigenvalue weighted by molar-refractivity contribution is 7.81. The predicted octanol–water partition coefficient (Wildman–Crippen LogP) is 4.46. The van der Waals surface area contributed by atoms with Crippen LogP contribution in [0.25, 0.3) is 0 Å². The lowest BCUT2D eigenvalue weighted by atomic mass is 9.65. The van der Waals surface area contributed by atoms with Gasteiger partial charge in [0.05, 0.1) is 0 Å². The molecular weight excluding hydrogens is 354 g/mol. The zero-order valence-electron chi connectivity index (χ0n) is 12.8. The second kappa shape index (κ2) is 4.99. The summed E-state index contributed by atoms with van der Waals surface area (Å²) in [6.07, 6.45) is -9.50. The van der Waals surface area contributed by atoms with Gasteiger partial charge in [0.15, 0.2) is 0 Å². The minimum Gasteiger partial charge on any atom is -0.374 e. The lowest BCUT2D eigenvalue weighted by Gasteiger charge is -2.43. The first-order chi connectivity index (χ1) is 10.9. The van der Waals surface area contributed by atoms with Crippen LogP contribution in [0.1, 0.15) is 32.1 Å². The normalized spacial score (nSPS) is 47.5. The molecule has 0 saturated heterocycles. The van der Waals surface area contributed by atoms with Crippen LogP contribution in [0.15, 0.2) is 0 Å². The van der Waals surface area contributed by atoms with Crippen LogP contribution in [0.3, 0.4) is 0 Å². The van der Waals surface area contributed by atoms with Gasteiger partial charge in [-0.1, -0.05) is 0 Å². The Hall–Kier alpha value is -0.110. The summed E-state index contributed by atoms with van der Waals surface area (Å²) >= 11 is 4.57. The molecule has 4 fully saturated rings. The third kappa shape index (κ3) is 2.14. The molecular formula is C16H20F6OS. The molecule has 0 aromatic carbocycles. The van der Waals surface area contributed by atoms with Crippen LogP contribution in [0.5, 0.6) is 0 Å². The van der Waals surface area contributed by atoms with Gasteiger partial charge >= 0.3 is 12.4 Å². The van der Waals surface area contributed by atoms with Crippen LogP contribution >= 0.6 is 12.6 Å². The Morgan fingerprint density at radius 1 is 0.792 bits per heavy atom. The number of rotatable bonds is 2. The molecule has 4 aliphatic rings. The van der Waals surface area contributed by atoms with Crippen molar-refractivity contribution in [1.82, 2.24) is 0 Å². The van der Waals surface area contributed by atoms with E-state index in [0.29, 0.717) is 24.2 Å². The van der Waals surface area contributed by atoms with Gasteiger partial charge in [-0.15, -0.1) is 0 Å².